The number of ether oxygens (including phenoxy) is 4. The molecule has 0 bridgehead atoms. The van der Waals surface area contributed by atoms with E-state index in [1.54, 1.807) is 6.92 Å². The number of esters is 1. The number of hydrogen-bond acceptors (Lipinski definition) is 8. The third kappa shape index (κ3) is 3.77. The molecule has 2 aromatic heterocycles. The summed E-state index contributed by atoms with van der Waals surface area (Å²) < 4.78 is 21.3. The van der Waals surface area contributed by atoms with Crippen LogP contribution >= 0.6 is 11.3 Å². The highest BCUT2D eigenvalue weighted by molar-refractivity contribution is 7.18. The minimum Gasteiger partial charge on any atom is -0.493 e. The van der Waals surface area contributed by atoms with Crippen LogP contribution in [0.4, 0.5) is 0 Å². The number of H-pyrrole nitrogens is 1. The molecule has 9 heteroatoms. The van der Waals surface area contributed by atoms with Gasteiger partial charge >= 0.3 is 5.97 Å². The summed E-state index contributed by atoms with van der Waals surface area (Å²) in [5.74, 6) is 0.718. The van der Waals surface area contributed by atoms with Crippen molar-refractivity contribution >= 4 is 27.5 Å². The number of aromatic nitrogens is 2. The number of hydrogen-bond donors (Lipinski definition) is 1. The number of fused-ring (bicyclic) bond motifs is 1. The molecule has 0 aliphatic heterocycles. The molecule has 0 unspecified atom stereocenters. The molecule has 0 aliphatic carbocycles. The molecule has 2 heterocycles. The van der Waals surface area contributed by atoms with E-state index in [1.807, 2.05) is 13.8 Å². The Hall–Kier alpha value is -3.07. The number of benzene rings is 1. The Morgan fingerprint density at radius 1 is 1.10 bits per heavy atom. The Bertz CT molecular complexity index is 1110. The standard InChI is InChI=1S/C20H22N2O6S/c1-9-11(3)29-19-15(9)18(23)21-17(22-19)10(2)28-20(24)12-7-13(25-4)16(27-6)14(8-12)26-5/h7-8,10H,1-6H3,(H,21,22,23)/t10-/m0/s1. The number of thiophene rings is 1. The van der Waals surface area contributed by atoms with Crippen molar-refractivity contribution < 1.29 is 23.7 Å². The molecule has 0 saturated heterocycles. The molecule has 0 amide bonds. The van der Waals surface area contributed by atoms with Crippen LogP contribution in [-0.2, 0) is 4.74 Å². The van der Waals surface area contributed by atoms with Crippen LogP contribution in [0.5, 0.6) is 17.2 Å². The maximum atomic E-state index is 12.7. The summed E-state index contributed by atoms with van der Waals surface area (Å²) in [5, 5.41) is 0.569. The Balaban J connectivity index is 1.91. The number of nitrogens with one attached hydrogen (secondary N) is 1. The Morgan fingerprint density at radius 2 is 1.72 bits per heavy atom. The molecule has 0 spiro atoms. The first-order chi connectivity index (χ1) is 13.8. The lowest BCUT2D eigenvalue weighted by molar-refractivity contribution is 0.0319. The summed E-state index contributed by atoms with van der Waals surface area (Å²) in [7, 11) is 4.40. The molecule has 1 aromatic carbocycles. The van der Waals surface area contributed by atoms with Gasteiger partial charge in [0.1, 0.15) is 4.83 Å². The van der Waals surface area contributed by atoms with Gasteiger partial charge < -0.3 is 23.9 Å². The molecule has 1 N–H and O–H groups in total. The minimum absolute atomic E-state index is 0.220. The van der Waals surface area contributed by atoms with E-state index in [1.165, 1.54) is 44.8 Å². The first-order valence-electron chi connectivity index (χ1n) is 8.81. The third-order valence-electron chi connectivity index (χ3n) is 4.63. The lowest BCUT2D eigenvalue weighted by atomic mass is 10.2. The summed E-state index contributed by atoms with van der Waals surface area (Å²) in [4.78, 5) is 34.0. The maximum Gasteiger partial charge on any atom is 0.339 e. The molecule has 154 valence electrons. The number of carbonyl (C=O) groups excluding carboxylic acids is 1. The second kappa shape index (κ2) is 8.12. The van der Waals surface area contributed by atoms with Gasteiger partial charge in [-0.25, -0.2) is 9.78 Å². The van der Waals surface area contributed by atoms with Gasteiger partial charge in [-0.1, -0.05) is 0 Å². The van der Waals surface area contributed by atoms with E-state index in [4.69, 9.17) is 18.9 Å². The van der Waals surface area contributed by atoms with Crippen LogP contribution in [0.2, 0.25) is 0 Å². The molecule has 0 aliphatic rings. The van der Waals surface area contributed by atoms with E-state index in [9.17, 15) is 9.59 Å². The van der Waals surface area contributed by atoms with Crippen molar-refractivity contribution in [2.45, 2.75) is 26.9 Å². The first kappa shape index (κ1) is 20.7. The van der Waals surface area contributed by atoms with Crippen LogP contribution in [0.3, 0.4) is 0 Å². The topological polar surface area (TPSA) is 99.7 Å². The van der Waals surface area contributed by atoms with E-state index >= 15 is 0 Å². The zero-order chi connectivity index (χ0) is 21.3. The smallest absolute Gasteiger partial charge is 0.339 e. The second-order valence-corrected chi connectivity index (χ2v) is 7.58. The highest BCUT2D eigenvalue weighted by Crippen LogP contribution is 2.38. The Labute approximate surface area is 171 Å². The van der Waals surface area contributed by atoms with Gasteiger partial charge in [0.05, 0.1) is 32.3 Å². The van der Waals surface area contributed by atoms with Crippen LogP contribution in [0.1, 0.15) is 39.7 Å². The van der Waals surface area contributed by atoms with Crippen molar-refractivity contribution in [1.29, 1.82) is 0 Å². The predicted molar refractivity (Wildman–Crippen MR) is 110 cm³/mol. The molecular weight excluding hydrogens is 396 g/mol. The quantitative estimate of drug-likeness (QED) is 0.611. The summed E-state index contributed by atoms with van der Waals surface area (Å²) in [6.07, 6.45) is -0.763. The van der Waals surface area contributed by atoms with Gasteiger partial charge in [-0.2, -0.15) is 0 Å². The van der Waals surface area contributed by atoms with Crippen molar-refractivity contribution in [3.63, 3.8) is 0 Å². The minimum atomic E-state index is -0.763. The van der Waals surface area contributed by atoms with Crippen molar-refractivity contribution in [3.05, 3.63) is 44.3 Å². The Kier molecular flexibility index (Phi) is 5.78. The zero-order valence-electron chi connectivity index (χ0n) is 17.0. The van der Waals surface area contributed by atoms with E-state index in [0.29, 0.717) is 27.5 Å². The number of aromatic amines is 1. The number of methoxy groups -OCH3 is 3. The first-order valence-corrected chi connectivity index (χ1v) is 9.63. The average Bonchev–Trinajstić information content (AvgIpc) is 3.00. The monoisotopic (exact) mass is 418 g/mol. The van der Waals surface area contributed by atoms with E-state index in [-0.39, 0.29) is 16.9 Å². The van der Waals surface area contributed by atoms with E-state index in [0.717, 1.165) is 10.4 Å². The van der Waals surface area contributed by atoms with Crippen LogP contribution in [-0.4, -0.2) is 37.3 Å². The molecule has 3 rings (SSSR count). The van der Waals surface area contributed by atoms with Gasteiger partial charge in [0.2, 0.25) is 5.75 Å². The number of aryl methyl sites for hydroxylation is 2. The highest BCUT2D eigenvalue weighted by atomic mass is 32.1. The van der Waals surface area contributed by atoms with E-state index < -0.39 is 12.1 Å². The molecule has 0 saturated carbocycles. The molecule has 1 atom stereocenters. The van der Waals surface area contributed by atoms with Gasteiger partial charge in [0, 0.05) is 4.88 Å². The number of carbonyl (C=O) groups is 1. The molecule has 0 fully saturated rings. The van der Waals surface area contributed by atoms with Gasteiger partial charge in [0.15, 0.2) is 23.4 Å². The third-order valence-corrected chi connectivity index (χ3v) is 5.73. The number of rotatable bonds is 6. The summed E-state index contributed by atoms with van der Waals surface area (Å²) in [6.45, 7) is 5.47. The zero-order valence-corrected chi connectivity index (χ0v) is 17.9. The molecule has 29 heavy (non-hydrogen) atoms. The molecule has 0 radical (unpaired) electrons. The fraction of sp³-hybridized carbons (Fsp3) is 0.350. The largest absolute Gasteiger partial charge is 0.493 e. The summed E-state index contributed by atoms with van der Waals surface area (Å²) in [6, 6.07) is 3.00. The predicted octanol–water partition coefficient (Wildman–Crippen LogP) is 3.55. The van der Waals surface area contributed by atoms with Crippen molar-refractivity contribution in [1.82, 2.24) is 9.97 Å². The van der Waals surface area contributed by atoms with Crippen molar-refractivity contribution in [2.75, 3.05) is 21.3 Å². The summed E-state index contributed by atoms with van der Waals surface area (Å²) >= 11 is 1.44. The van der Waals surface area contributed by atoms with Crippen LogP contribution in [0, 0.1) is 13.8 Å². The van der Waals surface area contributed by atoms with Crippen LogP contribution < -0.4 is 19.8 Å². The fourth-order valence-electron chi connectivity index (χ4n) is 2.95. The fourth-order valence-corrected chi connectivity index (χ4v) is 3.98. The van der Waals surface area contributed by atoms with Gasteiger partial charge in [-0.05, 0) is 38.5 Å². The van der Waals surface area contributed by atoms with Gasteiger partial charge in [-0.3, -0.25) is 4.79 Å². The average molecular weight is 418 g/mol. The van der Waals surface area contributed by atoms with Crippen LogP contribution in [0.15, 0.2) is 16.9 Å². The van der Waals surface area contributed by atoms with Crippen molar-refractivity contribution in [3.8, 4) is 17.2 Å². The normalized spacial score (nSPS) is 11.9. The van der Waals surface area contributed by atoms with Gasteiger partial charge in [0.25, 0.3) is 5.56 Å². The van der Waals surface area contributed by atoms with Crippen molar-refractivity contribution in [2.24, 2.45) is 0 Å². The Morgan fingerprint density at radius 3 is 2.28 bits per heavy atom. The maximum absolute atomic E-state index is 12.7. The number of nitrogens with zero attached hydrogens (tertiary/aromatic N) is 1. The van der Waals surface area contributed by atoms with Crippen LogP contribution in [0.25, 0.3) is 10.2 Å². The molecule has 8 nitrogen and oxygen atoms in total. The lowest BCUT2D eigenvalue weighted by Crippen LogP contribution is -2.17. The van der Waals surface area contributed by atoms with E-state index in [2.05, 4.69) is 9.97 Å². The van der Waals surface area contributed by atoms with Gasteiger partial charge in [-0.15, -0.1) is 11.3 Å². The SMILES string of the molecule is COc1cc(C(=O)O[C@@H](C)c2nc3sc(C)c(C)c3c(=O)[nH]2)cc(OC)c1OC. The second-order valence-electron chi connectivity index (χ2n) is 6.38. The summed E-state index contributed by atoms with van der Waals surface area (Å²) in [5.41, 5.74) is 0.882. The molecule has 3 aromatic rings. The highest BCUT2D eigenvalue weighted by Gasteiger charge is 2.22. The lowest BCUT2D eigenvalue weighted by Gasteiger charge is -2.16. The molecular formula is C20H22N2O6S.